The minimum atomic E-state index is -0.711. The van der Waals surface area contributed by atoms with Crippen LogP contribution in [0, 0.1) is 5.92 Å². The number of aliphatic hydroxyl groups is 1. The molecule has 3 atom stereocenters. The highest BCUT2D eigenvalue weighted by atomic mass is 79.9. The van der Waals surface area contributed by atoms with E-state index in [1.807, 2.05) is 0 Å². The number of imide groups is 1. The van der Waals surface area contributed by atoms with Gasteiger partial charge in [0, 0.05) is 10.2 Å². The van der Waals surface area contributed by atoms with E-state index in [1.54, 1.807) is 24.3 Å². The van der Waals surface area contributed by atoms with Crippen LogP contribution in [0.2, 0.25) is 0 Å². The summed E-state index contributed by atoms with van der Waals surface area (Å²) >= 11 is 4.67. The second-order valence-corrected chi connectivity index (χ2v) is 6.43. The lowest BCUT2D eigenvalue weighted by molar-refractivity contribution is -0.123. The van der Waals surface area contributed by atoms with Crippen molar-refractivity contribution in [2.24, 2.45) is 5.92 Å². The normalized spacial score (nSPS) is 31.0. The molecule has 94 valence electrons. The molecule has 18 heavy (non-hydrogen) atoms. The van der Waals surface area contributed by atoms with Crippen LogP contribution in [0.3, 0.4) is 0 Å². The molecule has 3 rings (SSSR count). The van der Waals surface area contributed by atoms with Gasteiger partial charge < -0.3 is 5.11 Å². The fraction of sp³-hybridized carbons (Fsp3) is 0.333. The maximum absolute atomic E-state index is 12.2. The first-order valence-electron chi connectivity index (χ1n) is 5.52. The van der Waals surface area contributed by atoms with Crippen molar-refractivity contribution < 1.29 is 14.7 Å². The first-order valence-corrected chi connectivity index (χ1v) is 7.37. The predicted octanol–water partition coefficient (Wildman–Crippen LogP) is 1.41. The number of rotatable bonds is 1. The lowest BCUT2D eigenvalue weighted by Gasteiger charge is -2.16. The van der Waals surface area contributed by atoms with E-state index in [1.165, 1.54) is 16.7 Å². The maximum atomic E-state index is 12.2. The lowest BCUT2D eigenvalue weighted by atomic mass is 10.0. The second kappa shape index (κ2) is 4.36. The maximum Gasteiger partial charge on any atom is 0.247 e. The number of fused-ring (bicyclic) bond motifs is 1. The van der Waals surface area contributed by atoms with E-state index >= 15 is 0 Å². The number of hydrogen-bond donors (Lipinski definition) is 1. The van der Waals surface area contributed by atoms with Gasteiger partial charge in [-0.2, -0.15) is 0 Å². The Morgan fingerprint density at radius 1 is 1.22 bits per heavy atom. The number of amides is 2. The van der Waals surface area contributed by atoms with E-state index in [-0.39, 0.29) is 11.8 Å². The van der Waals surface area contributed by atoms with Crippen LogP contribution in [0.1, 0.15) is 0 Å². The molecule has 2 aliphatic heterocycles. The molecule has 2 saturated heterocycles. The van der Waals surface area contributed by atoms with Crippen molar-refractivity contribution in [2.45, 2.75) is 11.4 Å². The Hall–Kier alpha value is -0.850. The van der Waals surface area contributed by atoms with Crippen LogP contribution in [-0.4, -0.2) is 34.0 Å². The van der Waals surface area contributed by atoms with Crippen molar-refractivity contribution >= 4 is 45.2 Å². The van der Waals surface area contributed by atoms with Gasteiger partial charge in [-0.15, -0.1) is 11.8 Å². The van der Waals surface area contributed by atoms with Crippen LogP contribution < -0.4 is 4.90 Å². The second-order valence-electron chi connectivity index (χ2n) is 4.34. The van der Waals surface area contributed by atoms with Crippen molar-refractivity contribution in [3.05, 3.63) is 28.7 Å². The van der Waals surface area contributed by atoms with Crippen LogP contribution in [0.4, 0.5) is 5.69 Å². The Kier molecular flexibility index (Phi) is 2.96. The Morgan fingerprint density at radius 2 is 1.89 bits per heavy atom. The van der Waals surface area contributed by atoms with E-state index in [0.29, 0.717) is 11.4 Å². The molecule has 0 bridgehead atoms. The number of aliphatic hydroxyl groups excluding tert-OH is 1. The van der Waals surface area contributed by atoms with Crippen LogP contribution in [0.15, 0.2) is 28.7 Å². The van der Waals surface area contributed by atoms with Crippen molar-refractivity contribution in [3.8, 4) is 0 Å². The standard InChI is InChI=1S/C12H10BrNO3S/c13-6-1-3-7(4-2-6)14-11(16)9-8(15)5-18-10(9)12(14)17/h1-4,8-10,15H,5H2/t8-,9-,10+/m1/s1. The monoisotopic (exact) mass is 327 g/mol. The van der Waals surface area contributed by atoms with E-state index in [4.69, 9.17) is 0 Å². The third-order valence-corrected chi connectivity index (χ3v) is 5.16. The summed E-state index contributed by atoms with van der Waals surface area (Å²) in [4.78, 5) is 25.6. The Balaban J connectivity index is 1.97. The van der Waals surface area contributed by atoms with Crippen LogP contribution >= 0.6 is 27.7 Å². The molecule has 2 aliphatic rings. The molecule has 2 heterocycles. The smallest absolute Gasteiger partial charge is 0.247 e. The largest absolute Gasteiger partial charge is 0.391 e. The van der Waals surface area contributed by atoms with Crippen molar-refractivity contribution in [2.75, 3.05) is 10.7 Å². The molecule has 0 saturated carbocycles. The highest BCUT2D eigenvalue weighted by Gasteiger charge is 2.55. The average molecular weight is 328 g/mol. The molecule has 0 radical (unpaired) electrons. The minimum Gasteiger partial charge on any atom is -0.391 e. The number of carbonyl (C=O) groups is 2. The number of nitrogens with zero attached hydrogens (tertiary/aromatic N) is 1. The van der Waals surface area contributed by atoms with E-state index in [0.717, 1.165) is 4.47 Å². The molecule has 0 spiro atoms. The predicted molar refractivity (Wildman–Crippen MR) is 72.4 cm³/mol. The number of hydrogen-bond acceptors (Lipinski definition) is 4. The molecule has 0 unspecified atom stereocenters. The molecule has 4 nitrogen and oxygen atoms in total. The minimum absolute atomic E-state index is 0.214. The first kappa shape index (κ1) is 12.2. The summed E-state index contributed by atoms with van der Waals surface area (Å²) in [5.74, 6) is -0.620. The highest BCUT2D eigenvalue weighted by molar-refractivity contribution is 9.10. The summed E-state index contributed by atoms with van der Waals surface area (Å²) in [7, 11) is 0. The first-order chi connectivity index (χ1) is 8.59. The highest BCUT2D eigenvalue weighted by Crippen LogP contribution is 2.41. The molecule has 2 amide bonds. The number of benzene rings is 1. The zero-order chi connectivity index (χ0) is 12.9. The Labute approximate surface area is 116 Å². The fourth-order valence-electron chi connectivity index (χ4n) is 2.36. The molecule has 1 aromatic carbocycles. The third kappa shape index (κ3) is 1.71. The number of anilines is 1. The summed E-state index contributed by atoms with van der Waals surface area (Å²) in [6, 6.07) is 7.01. The summed E-state index contributed by atoms with van der Waals surface area (Å²) in [5.41, 5.74) is 0.565. The Morgan fingerprint density at radius 3 is 2.50 bits per heavy atom. The lowest BCUT2D eigenvalue weighted by Crippen LogP contribution is -2.34. The van der Waals surface area contributed by atoms with Crippen molar-refractivity contribution in [1.82, 2.24) is 0 Å². The molecular formula is C12H10BrNO3S. The summed E-state index contributed by atoms with van der Waals surface area (Å²) in [6.07, 6.45) is -0.711. The van der Waals surface area contributed by atoms with E-state index in [9.17, 15) is 14.7 Å². The van der Waals surface area contributed by atoms with Gasteiger partial charge >= 0.3 is 0 Å². The molecule has 0 aromatic heterocycles. The number of halogens is 1. The van der Waals surface area contributed by atoms with Gasteiger partial charge in [0.1, 0.15) is 0 Å². The number of thioether (sulfide) groups is 1. The van der Waals surface area contributed by atoms with Gasteiger partial charge in [0.05, 0.1) is 23.0 Å². The topological polar surface area (TPSA) is 57.6 Å². The molecule has 1 aromatic rings. The van der Waals surface area contributed by atoms with Gasteiger partial charge in [0.25, 0.3) is 0 Å². The SMILES string of the molecule is O=C1[C@@H]2[C@H](O)CS[C@@H]2C(=O)N1c1ccc(Br)cc1. The van der Waals surface area contributed by atoms with Gasteiger partial charge in [0.15, 0.2) is 0 Å². The van der Waals surface area contributed by atoms with Crippen molar-refractivity contribution in [3.63, 3.8) is 0 Å². The Bertz CT molecular complexity index is 519. The zero-order valence-electron chi connectivity index (χ0n) is 9.25. The van der Waals surface area contributed by atoms with E-state index in [2.05, 4.69) is 15.9 Å². The van der Waals surface area contributed by atoms with Crippen LogP contribution in [0.25, 0.3) is 0 Å². The third-order valence-electron chi connectivity index (χ3n) is 3.24. The van der Waals surface area contributed by atoms with Gasteiger partial charge in [-0.3, -0.25) is 9.59 Å². The van der Waals surface area contributed by atoms with Crippen molar-refractivity contribution in [1.29, 1.82) is 0 Å². The molecule has 1 N–H and O–H groups in total. The fourth-order valence-corrected chi connectivity index (χ4v) is 3.99. The molecular weight excluding hydrogens is 318 g/mol. The summed E-state index contributed by atoms with van der Waals surface area (Å²) in [6.45, 7) is 0. The average Bonchev–Trinajstić information content (AvgIpc) is 2.83. The quantitative estimate of drug-likeness (QED) is 0.792. The van der Waals surface area contributed by atoms with Crippen LogP contribution in [0.5, 0.6) is 0 Å². The zero-order valence-corrected chi connectivity index (χ0v) is 11.6. The van der Waals surface area contributed by atoms with E-state index < -0.39 is 17.3 Å². The van der Waals surface area contributed by atoms with Gasteiger partial charge in [-0.05, 0) is 24.3 Å². The molecule has 6 heteroatoms. The van der Waals surface area contributed by atoms with Gasteiger partial charge in [-0.1, -0.05) is 15.9 Å². The summed E-state index contributed by atoms with van der Waals surface area (Å²) < 4.78 is 0.889. The van der Waals surface area contributed by atoms with Gasteiger partial charge in [0.2, 0.25) is 11.8 Å². The summed E-state index contributed by atoms with van der Waals surface area (Å²) in [5, 5.41) is 9.35. The number of carbonyl (C=O) groups excluding carboxylic acids is 2. The van der Waals surface area contributed by atoms with Gasteiger partial charge in [-0.25, -0.2) is 4.90 Å². The molecule has 2 fully saturated rings. The molecule has 0 aliphatic carbocycles. The van der Waals surface area contributed by atoms with Crippen LogP contribution in [-0.2, 0) is 9.59 Å².